The Labute approximate surface area is 155 Å². The van der Waals surface area contributed by atoms with E-state index in [1.165, 1.54) is 0 Å². The quantitative estimate of drug-likeness (QED) is 0.731. The lowest BCUT2D eigenvalue weighted by Gasteiger charge is -2.07. The molecule has 25 heavy (non-hydrogen) atoms. The monoisotopic (exact) mass is 372 g/mol. The van der Waals surface area contributed by atoms with Crippen molar-refractivity contribution in [3.8, 4) is 0 Å². The summed E-state index contributed by atoms with van der Waals surface area (Å²) in [4.78, 5) is 17.9. The van der Waals surface area contributed by atoms with E-state index in [-0.39, 0.29) is 5.91 Å². The average molecular weight is 373 g/mol. The highest BCUT2D eigenvalue weighted by atomic mass is 32.2. The second-order valence-corrected chi connectivity index (χ2v) is 8.06. The van der Waals surface area contributed by atoms with Crippen molar-refractivity contribution in [3.05, 3.63) is 52.3 Å². The van der Waals surface area contributed by atoms with Gasteiger partial charge in [-0.05, 0) is 45.0 Å². The molecule has 0 unspecified atom stereocenters. The van der Waals surface area contributed by atoms with Crippen molar-refractivity contribution in [2.45, 2.75) is 36.4 Å². The van der Waals surface area contributed by atoms with Crippen LogP contribution in [-0.2, 0) is 18.3 Å². The molecule has 0 aliphatic rings. The average Bonchev–Trinajstić information content (AvgIpc) is 3.07. The first kappa shape index (κ1) is 17.7. The van der Waals surface area contributed by atoms with E-state index in [4.69, 9.17) is 0 Å². The van der Waals surface area contributed by atoms with E-state index in [1.54, 1.807) is 23.1 Å². The van der Waals surface area contributed by atoms with Gasteiger partial charge < -0.3 is 5.32 Å². The van der Waals surface area contributed by atoms with E-state index in [9.17, 15) is 4.79 Å². The molecule has 130 valence electrons. The lowest BCUT2D eigenvalue weighted by Crippen LogP contribution is -2.15. The minimum absolute atomic E-state index is 0.0323. The third-order valence-electron chi connectivity index (χ3n) is 3.94. The highest BCUT2D eigenvalue weighted by Gasteiger charge is 2.13. The highest BCUT2D eigenvalue weighted by molar-refractivity contribution is 8.01. The second kappa shape index (κ2) is 7.41. The Morgan fingerprint density at radius 3 is 2.52 bits per heavy atom. The number of hydrogen-bond donors (Lipinski definition) is 1. The van der Waals surface area contributed by atoms with Gasteiger partial charge in [-0.3, -0.25) is 9.48 Å². The number of carbonyl (C=O) groups is 1. The lowest BCUT2D eigenvalue weighted by atomic mass is 10.1. The maximum absolute atomic E-state index is 12.3. The van der Waals surface area contributed by atoms with E-state index in [2.05, 4.69) is 15.4 Å². The Morgan fingerprint density at radius 1 is 1.24 bits per heavy atom. The molecule has 0 radical (unpaired) electrons. The van der Waals surface area contributed by atoms with Crippen LogP contribution in [0.3, 0.4) is 0 Å². The molecule has 0 aliphatic heterocycles. The summed E-state index contributed by atoms with van der Waals surface area (Å²) in [7, 11) is 1.89. The van der Waals surface area contributed by atoms with Gasteiger partial charge >= 0.3 is 0 Å². The van der Waals surface area contributed by atoms with E-state index >= 15 is 0 Å². The molecule has 0 aliphatic carbocycles. The summed E-state index contributed by atoms with van der Waals surface area (Å²) in [6.07, 6.45) is 0.334. The number of aromatic nitrogens is 3. The fraction of sp³-hybridized carbons (Fsp3) is 0.278. The molecule has 0 spiro atoms. The van der Waals surface area contributed by atoms with Gasteiger partial charge in [-0.1, -0.05) is 11.8 Å². The van der Waals surface area contributed by atoms with Crippen LogP contribution in [0.1, 0.15) is 22.6 Å². The molecule has 3 aromatic rings. The summed E-state index contributed by atoms with van der Waals surface area (Å²) in [5.74, 6) is -0.0323. The zero-order chi connectivity index (χ0) is 18.0. The molecule has 0 atom stereocenters. The number of hydrogen-bond acceptors (Lipinski definition) is 5. The number of aryl methyl sites for hydroxylation is 3. The molecule has 0 fully saturated rings. The van der Waals surface area contributed by atoms with Crippen molar-refractivity contribution in [2.24, 2.45) is 7.05 Å². The SMILES string of the molecule is Cc1csc(Sc2ccc(NC(=O)Cc3c(C)nn(C)c3C)cc2)n1. The van der Waals surface area contributed by atoms with Crippen molar-refractivity contribution in [3.63, 3.8) is 0 Å². The number of nitrogens with one attached hydrogen (secondary N) is 1. The number of benzene rings is 1. The van der Waals surface area contributed by atoms with Gasteiger partial charge in [0.1, 0.15) is 0 Å². The molecule has 0 bridgehead atoms. The number of anilines is 1. The predicted octanol–water partition coefficient (Wildman–Crippen LogP) is 4.13. The largest absolute Gasteiger partial charge is 0.326 e. The van der Waals surface area contributed by atoms with Crippen molar-refractivity contribution in [1.82, 2.24) is 14.8 Å². The van der Waals surface area contributed by atoms with Crippen LogP contribution >= 0.6 is 23.1 Å². The summed E-state index contributed by atoms with van der Waals surface area (Å²) >= 11 is 3.27. The van der Waals surface area contributed by atoms with E-state index in [0.717, 1.165) is 37.6 Å². The van der Waals surface area contributed by atoms with Gasteiger partial charge in [0.05, 0.1) is 12.1 Å². The minimum Gasteiger partial charge on any atom is -0.326 e. The molecule has 5 nitrogen and oxygen atoms in total. The van der Waals surface area contributed by atoms with Crippen LogP contribution in [0.25, 0.3) is 0 Å². The van der Waals surface area contributed by atoms with Gasteiger partial charge in [0, 0.05) is 40.0 Å². The van der Waals surface area contributed by atoms with Crippen molar-refractivity contribution >= 4 is 34.7 Å². The van der Waals surface area contributed by atoms with Gasteiger partial charge in [-0.15, -0.1) is 11.3 Å². The molecule has 7 heteroatoms. The number of amides is 1. The third-order valence-corrected chi connectivity index (χ3v) is 6.00. The van der Waals surface area contributed by atoms with Crippen molar-refractivity contribution in [1.29, 1.82) is 0 Å². The van der Waals surface area contributed by atoms with Gasteiger partial charge in [0.25, 0.3) is 0 Å². The zero-order valence-electron chi connectivity index (χ0n) is 14.7. The smallest absolute Gasteiger partial charge is 0.228 e. The Hall–Kier alpha value is -2.12. The van der Waals surface area contributed by atoms with Gasteiger partial charge in [-0.25, -0.2) is 4.98 Å². The van der Waals surface area contributed by atoms with Crippen LogP contribution in [0.15, 0.2) is 38.9 Å². The highest BCUT2D eigenvalue weighted by Crippen LogP contribution is 2.30. The van der Waals surface area contributed by atoms with Gasteiger partial charge in [0.15, 0.2) is 4.34 Å². The fourth-order valence-corrected chi connectivity index (χ4v) is 4.34. The molecular weight excluding hydrogens is 352 g/mol. The summed E-state index contributed by atoms with van der Waals surface area (Å²) in [5, 5.41) is 9.34. The minimum atomic E-state index is -0.0323. The Bertz CT molecular complexity index is 896. The van der Waals surface area contributed by atoms with Crippen LogP contribution in [0, 0.1) is 20.8 Å². The molecule has 1 amide bonds. The summed E-state index contributed by atoms with van der Waals surface area (Å²) in [6.45, 7) is 5.90. The molecular formula is C18H20N4OS2. The second-order valence-electron chi connectivity index (χ2n) is 5.88. The van der Waals surface area contributed by atoms with E-state index in [1.807, 2.05) is 62.1 Å². The lowest BCUT2D eigenvalue weighted by molar-refractivity contribution is -0.115. The summed E-state index contributed by atoms with van der Waals surface area (Å²) < 4.78 is 2.83. The fourth-order valence-electron chi connectivity index (χ4n) is 2.53. The van der Waals surface area contributed by atoms with Crippen molar-refractivity contribution < 1.29 is 4.79 Å². The maximum atomic E-state index is 12.3. The standard InChI is InChI=1S/C18H20N4OS2/c1-11-10-24-18(19-11)25-15-7-5-14(6-8-15)20-17(23)9-16-12(2)21-22(4)13(16)3/h5-8,10H,9H2,1-4H3,(H,20,23). The molecule has 1 aromatic carbocycles. The maximum Gasteiger partial charge on any atom is 0.228 e. The molecule has 2 heterocycles. The summed E-state index contributed by atoms with van der Waals surface area (Å²) in [5.41, 5.74) is 4.76. The van der Waals surface area contributed by atoms with Gasteiger partial charge in [0.2, 0.25) is 5.91 Å². The van der Waals surface area contributed by atoms with Gasteiger partial charge in [-0.2, -0.15) is 5.10 Å². The molecule has 1 N–H and O–H groups in total. The van der Waals surface area contributed by atoms with E-state index in [0.29, 0.717) is 6.42 Å². The van der Waals surface area contributed by atoms with Crippen LogP contribution < -0.4 is 5.32 Å². The number of carbonyl (C=O) groups excluding carboxylic acids is 1. The normalized spacial score (nSPS) is 10.9. The van der Waals surface area contributed by atoms with Crippen LogP contribution in [0.2, 0.25) is 0 Å². The molecule has 0 saturated heterocycles. The third kappa shape index (κ3) is 4.29. The van der Waals surface area contributed by atoms with Crippen LogP contribution in [0.5, 0.6) is 0 Å². The summed E-state index contributed by atoms with van der Waals surface area (Å²) in [6, 6.07) is 7.84. The predicted molar refractivity (Wildman–Crippen MR) is 102 cm³/mol. The Kier molecular flexibility index (Phi) is 5.24. The molecule has 3 rings (SSSR count). The number of thiazole rings is 1. The Morgan fingerprint density at radius 2 is 1.96 bits per heavy atom. The Balaban J connectivity index is 1.62. The van der Waals surface area contributed by atoms with Crippen LogP contribution in [0.4, 0.5) is 5.69 Å². The molecule has 2 aromatic heterocycles. The zero-order valence-corrected chi connectivity index (χ0v) is 16.3. The number of nitrogens with zero attached hydrogens (tertiary/aromatic N) is 3. The first-order valence-electron chi connectivity index (χ1n) is 7.91. The van der Waals surface area contributed by atoms with Crippen molar-refractivity contribution in [2.75, 3.05) is 5.32 Å². The topological polar surface area (TPSA) is 59.8 Å². The first-order chi connectivity index (χ1) is 11.9. The van der Waals surface area contributed by atoms with Crippen LogP contribution in [-0.4, -0.2) is 20.7 Å². The number of rotatable bonds is 5. The first-order valence-corrected chi connectivity index (χ1v) is 9.61. The van der Waals surface area contributed by atoms with E-state index < -0.39 is 0 Å². The molecule has 0 saturated carbocycles.